The van der Waals surface area contributed by atoms with E-state index in [2.05, 4.69) is 43.5 Å². The average Bonchev–Trinajstić information content (AvgIpc) is 3.35. The summed E-state index contributed by atoms with van der Waals surface area (Å²) in [6.45, 7) is 3.80. The summed E-state index contributed by atoms with van der Waals surface area (Å²) in [6, 6.07) is -0.803. The minimum Gasteiger partial charge on any atom is -0.394 e. The van der Waals surface area contributed by atoms with E-state index in [0.29, 0.717) is 6.42 Å². The van der Waals surface area contributed by atoms with E-state index in [1.807, 2.05) is 6.08 Å². The van der Waals surface area contributed by atoms with Gasteiger partial charge >= 0.3 is 0 Å². The maximum Gasteiger partial charge on any atom is 0.220 e. The molecule has 1 aliphatic heterocycles. The largest absolute Gasteiger partial charge is 0.394 e. The number of rotatable bonds is 51. The van der Waals surface area contributed by atoms with Gasteiger partial charge in [-0.1, -0.05) is 262 Å². The zero-order valence-electron chi connectivity index (χ0n) is 45.1. The molecule has 9 nitrogen and oxygen atoms in total. The Morgan fingerprint density at radius 2 is 0.855 bits per heavy atom. The summed E-state index contributed by atoms with van der Waals surface area (Å²) in [5.41, 5.74) is 0. The predicted molar refractivity (Wildman–Crippen MR) is 290 cm³/mol. The van der Waals surface area contributed by atoms with Crippen molar-refractivity contribution < 1.29 is 39.8 Å². The number of hydrogen-bond donors (Lipinski definition) is 6. The molecule has 0 bridgehead atoms. The van der Waals surface area contributed by atoms with Crippen molar-refractivity contribution in [3.05, 3.63) is 36.5 Å². The lowest BCUT2D eigenvalue weighted by Gasteiger charge is -2.40. The molecule has 1 rings (SSSR count). The molecule has 1 amide bonds. The van der Waals surface area contributed by atoms with Crippen molar-refractivity contribution in [1.82, 2.24) is 5.32 Å². The quantitative estimate of drug-likeness (QED) is 0.0261. The van der Waals surface area contributed by atoms with E-state index < -0.39 is 49.5 Å². The van der Waals surface area contributed by atoms with Crippen molar-refractivity contribution in [1.29, 1.82) is 0 Å². The Labute approximate surface area is 425 Å². The van der Waals surface area contributed by atoms with Crippen molar-refractivity contribution in [2.75, 3.05) is 13.2 Å². The van der Waals surface area contributed by atoms with Gasteiger partial charge in [-0.15, -0.1) is 0 Å². The van der Waals surface area contributed by atoms with E-state index in [1.165, 1.54) is 218 Å². The molecule has 0 aromatic carbocycles. The fourth-order valence-corrected chi connectivity index (χ4v) is 9.48. The van der Waals surface area contributed by atoms with Crippen LogP contribution in [-0.2, 0) is 14.3 Å². The summed E-state index contributed by atoms with van der Waals surface area (Å²) in [7, 11) is 0. The summed E-state index contributed by atoms with van der Waals surface area (Å²) in [5, 5.41) is 54.5. The lowest BCUT2D eigenvalue weighted by atomic mass is 9.99. The normalized spacial score (nSPS) is 19.7. The second-order valence-electron chi connectivity index (χ2n) is 20.8. The zero-order valence-corrected chi connectivity index (χ0v) is 45.1. The molecule has 0 aliphatic carbocycles. The van der Waals surface area contributed by atoms with Gasteiger partial charge in [0.1, 0.15) is 24.4 Å². The van der Waals surface area contributed by atoms with Gasteiger partial charge < -0.3 is 40.3 Å². The molecule has 69 heavy (non-hydrogen) atoms. The van der Waals surface area contributed by atoms with Gasteiger partial charge in [0.15, 0.2) is 6.29 Å². The second-order valence-corrected chi connectivity index (χ2v) is 20.8. The summed E-state index contributed by atoms with van der Waals surface area (Å²) in [5.74, 6) is -0.173. The molecule has 0 aromatic rings. The number of carbonyl (C=O) groups excluding carboxylic acids is 1. The molecule has 1 aliphatic rings. The Kier molecular flexibility index (Phi) is 47.4. The maximum absolute atomic E-state index is 13.1. The van der Waals surface area contributed by atoms with Crippen LogP contribution in [0.25, 0.3) is 0 Å². The zero-order chi connectivity index (χ0) is 50.1. The van der Waals surface area contributed by atoms with Crippen LogP contribution in [0, 0.1) is 0 Å². The standard InChI is InChI=1S/C60H113NO8/c1-3-5-7-9-11-13-15-17-19-21-22-23-24-25-26-27-28-29-30-31-32-34-36-38-40-42-44-46-48-50-56(64)61-53(52-68-60-59(67)58(66)57(65)55(51-62)69-60)54(63)49-47-45-43-41-39-37-35-33-20-18-16-14-12-10-8-6-4-2/h15,17,21-22,47,49,53-55,57-60,62-63,65-67H,3-14,16,18-20,23-46,48,50-52H2,1-2H3,(H,61,64)/b17-15-,22-21-,49-47+. The molecule has 7 atom stereocenters. The number of hydrogen-bond acceptors (Lipinski definition) is 8. The number of carbonyl (C=O) groups is 1. The smallest absolute Gasteiger partial charge is 0.220 e. The predicted octanol–water partition coefficient (Wildman–Crippen LogP) is 14.7. The Balaban J connectivity index is 2.17. The fraction of sp³-hybridized carbons (Fsp3) is 0.883. The third-order valence-corrected chi connectivity index (χ3v) is 14.2. The molecule has 1 saturated heterocycles. The number of aliphatic hydroxyl groups is 5. The molecule has 9 heteroatoms. The Hall–Kier alpha value is -1.59. The number of ether oxygens (including phenoxy) is 2. The van der Waals surface area contributed by atoms with Gasteiger partial charge in [-0.05, 0) is 51.4 Å². The molecule has 0 aromatic heterocycles. The maximum atomic E-state index is 13.1. The van der Waals surface area contributed by atoms with E-state index in [1.54, 1.807) is 6.08 Å². The number of nitrogens with one attached hydrogen (secondary N) is 1. The number of amides is 1. The van der Waals surface area contributed by atoms with Crippen molar-refractivity contribution in [3.8, 4) is 0 Å². The van der Waals surface area contributed by atoms with Crippen LogP contribution in [-0.4, -0.2) is 87.5 Å². The number of allylic oxidation sites excluding steroid dienone is 5. The van der Waals surface area contributed by atoms with Gasteiger partial charge in [0.25, 0.3) is 0 Å². The van der Waals surface area contributed by atoms with Crippen LogP contribution in [0.2, 0.25) is 0 Å². The summed E-state index contributed by atoms with van der Waals surface area (Å²) in [6.07, 6.45) is 57.8. The molecule has 6 N–H and O–H groups in total. The first kappa shape index (κ1) is 65.4. The molecule has 1 fully saturated rings. The summed E-state index contributed by atoms with van der Waals surface area (Å²) < 4.78 is 11.3. The highest BCUT2D eigenvalue weighted by Gasteiger charge is 2.44. The molecule has 0 radical (unpaired) electrons. The van der Waals surface area contributed by atoms with Crippen LogP contribution < -0.4 is 5.32 Å². The third kappa shape index (κ3) is 39.6. The van der Waals surface area contributed by atoms with Gasteiger partial charge in [-0.3, -0.25) is 4.79 Å². The van der Waals surface area contributed by atoms with E-state index in [4.69, 9.17) is 9.47 Å². The molecule has 7 unspecified atom stereocenters. The summed E-state index contributed by atoms with van der Waals surface area (Å²) >= 11 is 0. The molecular formula is C60H113NO8. The van der Waals surface area contributed by atoms with Crippen LogP contribution in [0.1, 0.15) is 284 Å². The van der Waals surface area contributed by atoms with Crippen LogP contribution in [0.5, 0.6) is 0 Å². The minimum absolute atomic E-state index is 0.173. The molecule has 406 valence electrons. The highest BCUT2D eigenvalue weighted by Crippen LogP contribution is 2.23. The molecule has 0 spiro atoms. The second kappa shape index (κ2) is 50.0. The van der Waals surface area contributed by atoms with Crippen molar-refractivity contribution >= 4 is 5.91 Å². The van der Waals surface area contributed by atoms with Gasteiger partial charge in [-0.2, -0.15) is 0 Å². The number of unbranched alkanes of at least 4 members (excludes halogenated alkanes) is 37. The van der Waals surface area contributed by atoms with Crippen LogP contribution in [0.15, 0.2) is 36.5 Å². The highest BCUT2D eigenvalue weighted by molar-refractivity contribution is 5.76. The molecule has 0 saturated carbocycles. The first-order chi connectivity index (χ1) is 33.8. The Morgan fingerprint density at radius 3 is 1.25 bits per heavy atom. The van der Waals surface area contributed by atoms with Crippen LogP contribution in [0.3, 0.4) is 0 Å². The van der Waals surface area contributed by atoms with Crippen LogP contribution >= 0.6 is 0 Å². The SMILES string of the molecule is CCCCCCC/C=C\C/C=C\CCCCCCCCCCCCCCCCCCCC(=O)NC(COC1OC(CO)C(O)C(O)C1O)C(O)/C=C/CCCCCCCCCCCCCCCCC. The third-order valence-electron chi connectivity index (χ3n) is 14.2. The fourth-order valence-electron chi connectivity index (χ4n) is 9.48. The lowest BCUT2D eigenvalue weighted by molar-refractivity contribution is -0.302. The monoisotopic (exact) mass is 976 g/mol. The summed E-state index contributed by atoms with van der Waals surface area (Å²) in [4.78, 5) is 13.1. The highest BCUT2D eigenvalue weighted by atomic mass is 16.7. The van der Waals surface area contributed by atoms with E-state index >= 15 is 0 Å². The first-order valence-corrected chi connectivity index (χ1v) is 29.7. The van der Waals surface area contributed by atoms with E-state index in [0.717, 1.165) is 44.9 Å². The molecular weight excluding hydrogens is 863 g/mol. The Morgan fingerprint density at radius 1 is 0.493 bits per heavy atom. The molecule has 1 heterocycles. The van der Waals surface area contributed by atoms with Gasteiger partial charge in [-0.25, -0.2) is 0 Å². The van der Waals surface area contributed by atoms with Gasteiger partial charge in [0, 0.05) is 6.42 Å². The first-order valence-electron chi connectivity index (χ1n) is 29.7. The average molecular weight is 977 g/mol. The lowest BCUT2D eigenvalue weighted by Crippen LogP contribution is -2.60. The number of aliphatic hydroxyl groups excluding tert-OH is 5. The van der Waals surface area contributed by atoms with Crippen LogP contribution in [0.4, 0.5) is 0 Å². The Bertz CT molecular complexity index is 1180. The van der Waals surface area contributed by atoms with Crippen molar-refractivity contribution in [2.45, 2.75) is 326 Å². The van der Waals surface area contributed by atoms with E-state index in [9.17, 15) is 30.3 Å². The minimum atomic E-state index is -1.57. The topological polar surface area (TPSA) is 149 Å². The van der Waals surface area contributed by atoms with Crippen molar-refractivity contribution in [3.63, 3.8) is 0 Å². The van der Waals surface area contributed by atoms with Gasteiger partial charge in [0.05, 0.1) is 25.4 Å². The van der Waals surface area contributed by atoms with Crippen molar-refractivity contribution in [2.24, 2.45) is 0 Å². The van der Waals surface area contributed by atoms with Gasteiger partial charge in [0.2, 0.25) is 5.91 Å². The van der Waals surface area contributed by atoms with E-state index in [-0.39, 0.29) is 12.5 Å².